The Morgan fingerprint density at radius 3 is 2.45 bits per heavy atom. The zero-order valence-electron chi connectivity index (χ0n) is 12.2. The molecule has 110 valence electrons. The summed E-state index contributed by atoms with van der Waals surface area (Å²) in [6.07, 6.45) is 5.56. The molecule has 0 radical (unpaired) electrons. The van der Waals surface area contributed by atoms with Gasteiger partial charge in [-0.15, -0.1) is 0 Å². The van der Waals surface area contributed by atoms with Crippen molar-refractivity contribution in [1.29, 1.82) is 0 Å². The minimum atomic E-state index is 0.831. The van der Waals surface area contributed by atoms with Crippen molar-refractivity contribution in [1.82, 2.24) is 10.2 Å². The van der Waals surface area contributed by atoms with Crippen molar-refractivity contribution in [3.05, 3.63) is 34.9 Å². The van der Waals surface area contributed by atoms with Gasteiger partial charge in [-0.05, 0) is 81.4 Å². The van der Waals surface area contributed by atoms with Gasteiger partial charge in [-0.3, -0.25) is 4.90 Å². The third-order valence-corrected chi connectivity index (χ3v) is 5.21. The molecule has 3 heteroatoms. The number of likely N-dealkylation sites (tertiary alicyclic amines) is 1. The standard InChI is InChI=1S/C17H25ClN2/c18-17-5-3-14(4-6-17)13-20-10-7-15(8-11-20)16-2-1-9-19-12-16/h3-6,15-16,19H,1-2,7-13H2. The van der Waals surface area contributed by atoms with Crippen molar-refractivity contribution in [2.24, 2.45) is 11.8 Å². The summed E-state index contributed by atoms with van der Waals surface area (Å²) in [6.45, 7) is 6.06. The zero-order valence-corrected chi connectivity index (χ0v) is 12.9. The summed E-state index contributed by atoms with van der Waals surface area (Å²) in [5.74, 6) is 1.88. The first kappa shape index (κ1) is 14.4. The molecule has 2 nitrogen and oxygen atoms in total. The molecule has 0 saturated carbocycles. The van der Waals surface area contributed by atoms with Gasteiger partial charge in [0, 0.05) is 11.6 Å². The van der Waals surface area contributed by atoms with Crippen LogP contribution in [0.5, 0.6) is 0 Å². The van der Waals surface area contributed by atoms with E-state index in [1.165, 1.54) is 57.4 Å². The fraction of sp³-hybridized carbons (Fsp3) is 0.647. The molecule has 0 amide bonds. The molecule has 1 aromatic rings. The van der Waals surface area contributed by atoms with Gasteiger partial charge >= 0.3 is 0 Å². The summed E-state index contributed by atoms with van der Waals surface area (Å²) in [7, 11) is 0. The maximum absolute atomic E-state index is 5.94. The van der Waals surface area contributed by atoms with Crippen molar-refractivity contribution in [3.8, 4) is 0 Å². The van der Waals surface area contributed by atoms with E-state index in [-0.39, 0.29) is 0 Å². The van der Waals surface area contributed by atoms with Crippen molar-refractivity contribution < 1.29 is 0 Å². The SMILES string of the molecule is Clc1ccc(CN2CCC(C3CCCNC3)CC2)cc1. The maximum Gasteiger partial charge on any atom is 0.0406 e. The second-order valence-electron chi connectivity index (χ2n) is 6.35. The predicted octanol–water partition coefficient (Wildman–Crippen LogP) is 3.55. The van der Waals surface area contributed by atoms with Gasteiger partial charge in [0.15, 0.2) is 0 Å². The predicted molar refractivity (Wildman–Crippen MR) is 85.0 cm³/mol. The van der Waals surface area contributed by atoms with Crippen LogP contribution < -0.4 is 5.32 Å². The fourth-order valence-electron chi connectivity index (χ4n) is 3.71. The molecule has 1 aromatic carbocycles. The van der Waals surface area contributed by atoms with Crippen molar-refractivity contribution in [2.45, 2.75) is 32.2 Å². The van der Waals surface area contributed by atoms with Gasteiger partial charge in [-0.25, -0.2) is 0 Å². The molecule has 0 aromatic heterocycles. The summed E-state index contributed by atoms with van der Waals surface area (Å²) in [5.41, 5.74) is 1.38. The monoisotopic (exact) mass is 292 g/mol. The van der Waals surface area contributed by atoms with Gasteiger partial charge < -0.3 is 5.32 Å². The van der Waals surface area contributed by atoms with Crippen LogP contribution in [-0.2, 0) is 6.54 Å². The molecule has 20 heavy (non-hydrogen) atoms. The van der Waals surface area contributed by atoms with E-state index in [2.05, 4.69) is 22.3 Å². The molecule has 3 rings (SSSR count). The van der Waals surface area contributed by atoms with Crippen LogP contribution in [0.1, 0.15) is 31.2 Å². The van der Waals surface area contributed by atoms with E-state index in [4.69, 9.17) is 11.6 Å². The van der Waals surface area contributed by atoms with E-state index in [0.717, 1.165) is 23.4 Å². The van der Waals surface area contributed by atoms with Crippen LogP contribution in [0.3, 0.4) is 0 Å². The Morgan fingerprint density at radius 2 is 1.80 bits per heavy atom. The molecule has 1 atom stereocenters. The van der Waals surface area contributed by atoms with Crippen LogP contribution >= 0.6 is 11.6 Å². The number of halogens is 1. The number of nitrogens with one attached hydrogen (secondary N) is 1. The highest BCUT2D eigenvalue weighted by atomic mass is 35.5. The highest BCUT2D eigenvalue weighted by Gasteiger charge is 2.27. The summed E-state index contributed by atoms with van der Waals surface area (Å²) < 4.78 is 0. The Bertz CT molecular complexity index is 404. The number of hydrogen-bond acceptors (Lipinski definition) is 2. The van der Waals surface area contributed by atoms with E-state index >= 15 is 0 Å². The number of benzene rings is 1. The van der Waals surface area contributed by atoms with E-state index < -0.39 is 0 Å². The molecule has 0 bridgehead atoms. The topological polar surface area (TPSA) is 15.3 Å². The lowest BCUT2D eigenvalue weighted by Gasteiger charge is -2.37. The smallest absolute Gasteiger partial charge is 0.0406 e. The lowest BCUT2D eigenvalue weighted by Crippen LogP contribution is -2.40. The first-order chi connectivity index (χ1) is 9.81. The molecule has 2 aliphatic heterocycles. The number of hydrogen-bond donors (Lipinski definition) is 1. The lowest BCUT2D eigenvalue weighted by atomic mass is 9.80. The van der Waals surface area contributed by atoms with E-state index in [1.54, 1.807) is 0 Å². The molecule has 2 heterocycles. The van der Waals surface area contributed by atoms with Crippen LogP contribution in [0.2, 0.25) is 5.02 Å². The summed E-state index contributed by atoms with van der Waals surface area (Å²) in [4.78, 5) is 2.59. The Balaban J connectivity index is 1.47. The van der Waals surface area contributed by atoms with Gasteiger partial charge in [-0.2, -0.15) is 0 Å². The Kier molecular flexibility index (Phi) is 4.98. The van der Waals surface area contributed by atoms with Crippen LogP contribution in [-0.4, -0.2) is 31.1 Å². The highest BCUT2D eigenvalue weighted by molar-refractivity contribution is 6.30. The van der Waals surface area contributed by atoms with Crippen LogP contribution in [0.25, 0.3) is 0 Å². The maximum atomic E-state index is 5.94. The molecular formula is C17H25ClN2. The van der Waals surface area contributed by atoms with Gasteiger partial charge in [0.05, 0.1) is 0 Å². The van der Waals surface area contributed by atoms with Crippen LogP contribution in [0.15, 0.2) is 24.3 Å². The third kappa shape index (κ3) is 3.75. The molecule has 2 aliphatic rings. The van der Waals surface area contributed by atoms with Crippen molar-refractivity contribution in [3.63, 3.8) is 0 Å². The van der Waals surface area contributed by atoms with E-state index in [9.17, 15) is 0 Å². The average molecular weight is 293 g/mol. The minimum Gasteiger partial charge on any atom is -0.316 e. The third-order valence-electron chi connectivity index (χ3n) is 4.95. The minimum absolute atomic E-state index is 0.831. The summed E-state index contributed by atoms with van der Waals surface area (Å²) in [6, 6.07) is 8.30. The van der Waals surface area contributed by atoms with E-state index in [0.29, 0.717) is 0 Å². The average Bonchev–Trinajstić information content (AvgIpc) is 2.51. The van der Waals surface area contributed by atoms with E-state index in [1.807, 2.05) is 12.1 Å². The molecule has 0 aliphatic carbocycles. The quantitative estimate of drug-likeness (QED) is 0.916. The largest absolute Gasteiger partial charge is 0.316 e. The Labute approximate surface area is 127 Å². The number of piperidine rings is 2. The van der Waals surface area contributed by atoms with Crippen molar-refractivity contribution >= 4 is 11.6 Å². The molecule has 2 fully saturated rings. The highest BCUT2D eigenvalue weighted by Crippen LogP contribution is 2.29. The molecule has 1 unspecified atom stereocenters. The van der Waals surface area contributed by atoms with Crippen LogP contribution in [0.4, 0.5) is 0 Å². The van der Waals surface area contributed by atoms with Gasteiger partial charge in [0.1, 0.15) is 0 Å². The molecule has 2 saturated heterocycles. The second kappa shape index (κ2) is 6.93. The Morgan fingerprint density at radius 1 is 1.05 bits per heavy atom. The van der Waals surface area contributed by atoms with Crippen LogP contribution in [0, 0.1) is 11.8 Å². The summed E-state index contributed by atoms with van der Waals surface area (Å²) >= 11 is 5.94. The zero-order chi connectivity index (χ0) is 13.8. The fourth-order valence-corrected chi connectivity index (χ4v) is 3.84. The number of nitrogens with zero attached hydrogens (tertiary/aromatic N) is 1. The lowest BCUT2D eigenvalue weighted by molar-refractivity contribution is 0.128. The molecule has 0 spiro atoms. The van der Waals surface area contributed by atoms with Crippen molar-refractivity contribution in [2.75, 3.05) is 26.2 Å². The first-order valence-corrected chi connectivity index (χ1v) is 8.36. The number of rotatable bonds is 3. The van der Waals surface area contributed by atoms with Gasteiger partial charge in [-0.1, -0.05) is 23.7 Å². The second-order valence-corrected chi connectivity index (χ2v) is 6.78. The summed E-state index contributed by atoms with van der Waals surface area (Å²) in [5, 5.41) is 4.39. The Hall–Kier alpha value is -0.570. The van der Waals surface area contributed by atoms with Gasteiger partial charge in [0.25, 0.3) is 0 Å². The normalized spacial score (nSPS) is 25.8. The molecule has 1 N–H and O–H groups in total. The first-order valence-electron chi connectivity index (χ1n) is 7.99. The molecular weight excluding hydrogens is 268 g/mol. The van der Waals surface area contributed by atoms with Gasteiger partial charge in [0.2, 0.25) is 0 Å².